The van der Waals surface area contributed by atoms with Gasteiger partial charge in [-0.05, 0) is 70.2 Å². The molecule has 4 nitrogen and oxygen atoms in total. The van der Waals surface area contributed by atoms with E-state index in [0.29, 0.717) is 0 Å². The van der Waals surface area contributed by atoms with E-state index in [9.17, 15) is 0 Å². The van der Waals surface area contributed by atoms with Gasteiger partial charge < -0.3 is 4.42 Å². The summed E-state index contributed by atoms with van der Waals surface area (Å²) >= 11 is 0. The van der Waals surface area contributed by atoms with Gasteiger partial charge in [-0.2, -0.15) is 0 Å². The van der Waals surface area contributed by atoms with Crippen LogP contribution >= 0.6 is 0 Å². The molecule has 0 aliphatic heterocycles. The molecule has 47 heavy (non-hydrogen) atoms. The highest BCUT2D eigenvalue weighted by Gasteiger charge is 2.23. The minimum atomic E-state index is 0.125. The Hall–Kier alpha value is -5.87. The molecule has 0 saturated carbocycles. The van der Waals surface area contributed by atoms with Gasteiger partial charge in [0.1, 0.15) is 17.0 Å². The van der Waals surface area contributed by atoms with Crippen LogP contribution in [0.25, 0.3) is 55.6 Å². The normalized spacial score (nSPS) is 15.8. The number of aromatic nitrogens is 3. The van der Waals surface area contributed by atoms with Gasteiger partial charge in [0.2, 0.25) is 0 Å². The zero-order valence-electron chi connectivity index (χ0n) is 25.8. The van der Waals surface area contributed by atoms with Crippen LogP contribution in [0.2, 0.25) is 0 Å². The summed E-state index contributed by atoms with van der Waals surface area (Å²) in [6.07, 6.45) is 11.1. The van der Waals surface area contributed by atoms with E-state index >= 15 is 0 Å². The van der Waals surface area contributed by atoms with E-state index in [1.165, 1.54) is 32.5 Å². The van der Waals surface area contributed by atoms with Crippen molar-refractivity contribution in [3.63, 3.8) is 0 Å². The Morgan fingerprint density at radius 3 is 2.06 bits per heavy atom. The van der Waals surface area contributed by atoms with Crippen molar-refractivity contribution in [3.05, 3.63) is 173 Å². The van der Waals surface area contributed by atoms with Crippen LogP contribution in [-0.2, 0) is 0 Å². The standard InChI is InChI=1S/C43H31N3O/c1-4-13-28(14-5-1)31-23-24-37-39(27-31)47-38-22-12-21-35(40(37)38)34-25-26-36(33-20-11-10-19-32(33)34)43-45-41(29-15-6-2-7-16-29)44-42(46-43)30-17-8-3-9-18-30/h1-17,19-24,27,30H,18,25-26H2. The number of hydrogen-bond donors (Lipinski definition) is 0. The molecule has 1 atom stereocenters. The minimum absolute atomic E-state index is 0.125. The number of rotatable bonds is 5. The third kappa shape index (κ3) is 4.90. The molecule has 7 aromatic rings. The first kappa shape index (κ1) is 27.4. The van der Waals surface area contributed by atoms with Crippen molar-refractivity contribution < 1.29 is 4.42 Å². The topological polar surface area (TPSA) is 51.8 Å². The van der Waals surface area contributed by atoms with Crippen LogP contribution in [0, 0.1) is 0 Å². The van der Waals surface area contributed by atoms with E-state index in [1.54, 1.807) is 0 Å². The summed E-state index contributed by atoms with van der Waals surface area (Å²) in [5, 5.41) is 4.71. The van der Waals surface area contributed by atoms with E-state index in [4.69, 9.17) is 19.4 Å². The average Bonchev–Trinajstić information content (AvgIpc) is 3.54. The Morgan fingerprint density at radius 1 is 0.553 bits per heavy atom. The van der Waals surface area contributed by atoms with Gasteiger partial charge in [-0.1, -0.05) is 127 Å². The maximum Gasteiger partial charge on any atom is 0.163 e. The predicted octanol–water partition coefficient (Wildman–Crippen LogP) is 8.90. The molecular weight excluding hydrogens is 574 g/mol. The second-order valence-corrected chi connectivity index (χ2v) is 12.2. The Bertz CT molecular complexity index is 2490. The molecular formula is C43H31N3O. The SMILES string of the molecule is C1=CCC(c2nc(C3=c4ccccc4=C(c4cccc5oc6cc(-c7ccccc7)ccc6c45)CC3)nc(-c3ccccc3)n2)C=C1. The molecule has 1 unspecified atom stereocenters. The molecule has 0 bridgehead atoms. The maximum atomic E-state index is 6.49. The van der Waals surface area contributed by atoms with Crippen molar-refractivity contribution in [2.45, 2.75) is 25.2 Å². The molecule has 9 rings (SSSR count). The highest BCUT2D eigenvalue weighted by Crippen LogP contribution is 2.38. The Kier molecular flexibility index (Phi) is 6.71. The van der Waals surface area contributed by atoms with Gasteiger partial charge in [-0.15, -0.1) is 0 Å². The first-order valence-electron chi connectivity index (χ1n) is 16.3. The fourth-order valence-corrected chi connectivity index (χ4v) is 7.11. The molecule has 2 aromatic heterocycles. The molecule has 0 spiro atoms. The zero-order valence-corrected chi connectivity index (χ0v) is 25.8. The third-order valence-corrected chi connectivity index (χ3v) is 9.40. The first-order valence-corrected chi connectivity index (χ1v) is 16.3. The maximum absolute atomic E-state index is 6.49. The zero-order chi connectivity index (χ0) is 31.2. The number of fused-ring (bicyclic) bond motifs is 4. The van der Waals surface area contributed by atoms with Crippen molar-refractivity contribution in [1.82, 2.24) is 15.0 Å². The Morgan fingerprint density at radius 2 is 1.28 bits per heavy atom. The van der Waals surface area contributed by atoms with E-state index in [1.807, 2.05) is 24.3 Å². The number of furan rings is 1. The van der Waals surface area contributed by atoms with Crippen molar-refractivity contribution in [2.75, 3.05) is 0 Å². The van der Waals surface area contributed by atoms with Gasteiger partial charge >= 0.3 is 0 Å². The summed E-state index contributed by atoms with van der Waals surface area (Å²) in [4.78, 5) is 15.2. The van der Waals surface area contributed by atoms with Crippen molar-refractivity contribution >= 4 is 33.1 Å². The monoisotopic (exact) mass is 605 g/mol. The lowest BCUT2D eigenvalue weighted by molar-refractivity contribution is 0.669. The summed E-state index contributed by atoms with van der Waals surface area (Å²) in [6, 6.07) is 42.5. The highest BCUT2D eigenvalue weighted by atomic mass is 16.3. The van der Waals surface area contributed by atoms with E-state index in [-0.39, 0.29) is 5.92 Å². The van der Waals surface area contributed by atoms with Gasteiger partial charge in [-0.3, -0.25) is 0 Å². The highest BCUT2D eigenvalue weighted by molar-refractivity contribution is 6.11. The van der Waals surface area contributed by atoms with Crippen LogP contribution in [0.15, 0.2) is 150 Å². The first-order chi connectivity index (χ1) is 23.3. The number of allylic oxidation sites excluding steroid dienone is 4. The lowest BCUT2D eigenvalue weighted by Crippen LogP contribution is -2.33. The molecule has 224 valence electrons. The Labute approximate surface area is 272 Å². The molecule has 2 aliphatic carbocycles. The van der Waals surface area contributed by atoms with Crippen LogP contribution in [-0.4, -0.2) is 15.0 Å². The van der Waals surface area contributed by atoms with E-state index in [0.717, 1.165) is 70.0 Å². The molecule has 2 aliphatic rings. The third-order valence-electron chi connectivity index (χ3n) is 9.40. The van der Waals surface area contributed by atoms with Gasteiger partial charge in [0.15, 0.2) is 11.6 Å². The molecule has 0 amide bonds. The molecule has 5 aromatic carbocycles. The number of hydrogen-bond acceptors (Lipinski definition) is 4. The van der Waals surface area contributed by atoms with Gasteiger partial charge in [0.05, 0.1) is 0 Å². The lowest BCUT2D eigenvalue weighted by atomic mass is 9.87. The van der Waals surface area contributed by atoms with Crippen LogP contribution in [0.3, 0.4) is 0 Å². The summed E-state index contributed by atoms with van der Waals surface area (Å²) < 4.78 is 6.49. The quantitative estimate of drug-likeness (QED) is 0.197. The van der Waals surface area contributed by atoms with Crippen molar-refractivity contribution in [1.29, 1.82) is 0 Å². The summed E-state index contributed by atoms with van der Waals surface area (Å²) in [5.41, 5.74) is 8.86. The lowest BCUT2D eigenvalue weighted by Gasteiger charge is -2.19. The van der Waals surface area contributed by atoms with Crippen LogP contribution in [0.5, 0.6) is 0 Å². The van der Waals surface area contributed by atoms with Crippen molar-refractivity contribution in [3.8, 4) is 22.5 Å². The molecule has 0 radical (unpaired) electrons. The molecule has 0 N–H and O–H groups in total. The van der Waals surface area contributed by atoms with Crippen LogP contribution in [0.4, 0.5) is 0 Å². The molecule has 4 heteroatoms. The fraction of sp³-hybridized carbons (Fsp3) is 0.0930. The van der Waals surface area contributed by atoms with Crippen molar-refractivity contribution in [2.24, 2.45) is 0 Å². The molecule has 2 heterocycles. The second kappa shape index (κ2) is 11.5. The Balaban J connectivity index is 1.25. The van der Waals surface area contributed by atoms with Gasteiger partial charge in [0, 0.05) is 27.8 Å². The smallest absolute Gasteiger partial charge is 0.163 e. The fourth-order valence-electron chi connectivity index (χ4n) is 7.11. The summed E-state index contributed by atoms with van der Waals surface area (Å²) in [5.74, 6) is 2.43. The number of benzene rings is 5. The molecule has 0 saturated heterocycles. The van der Waals surface area contributed by atoms with E-state index in [2.05, 4.69) is 121 Å². The van der Waals surface area contributed by atoms with Crippen LogP contribution < -0.4 is 10.4 Å². The summed E-state index contributed by atoms with van der Waals surface area (Å²) in [7, 11) is 0. The number of nitrogens with zero attached hydrogens (tertiary/aromatic N) is 3. The van der Waals surface area contributed by atoms with Gasteiger partial charge in [0.25, 0.3) is 0 Å². The van der Waals surface area contributed by atoms with Crippen LogP contribution in [0.1, 0.15) is 42.4 Å². The summed E-state index contributed by atoms with van der Waals surface area (Å²) in [6.45, 7) is 0. The predicted molar refractivity (Wildman–Crippen MR) is 190 cm³/mol. The minimum Gasteiger partial charge on any atom is -0.456 e. The van der Waals surface area contributed by atoms with Gasteiger partial charge in [-0.25, -0.2) is 15.0 Å². The largest absolute Gasteiger partial charge is 0.456 e. The average molecular weight is 606 g/mol. The molecule has 0 fully saturated rings. The van der Waals surface area contributed by atoms with E-state index < -0.39 is 0 Å². The second-order valence-electron chi connectivity index (χ2n) is 12.2.